The quantitative estimate of drug-likeness (QED) is 0.902. The number of aryl methyl sites for hydroxylation is 1. The van der Waals surface area contributed by atoms with Gasteiger partial charge in [-0.25, -0.2) is 4.98 Å². The number of rotatable bonds is 5. The molecule has 0 aliphatic carbocycles. The first-order valence-corrected chi connectivity index (χ1v) is 7.79. The van der Waals surface area contributed by atoms with Crippen molar-refractivity contribution in [3.63, 3.8) is 0 Å². The second-order valence-corrected chi connectivity index (χ2v) is 6.41. The highest BCUT2D eigenvalue weighted by atomic mass is 79.9. The van der Waals surface area contributed by atoms with Crippen LogP contribution in [0.4, 0.5) is 0 Å². The molecule has 102 valence electrons. The average Bonchev–Trinajstić information content (AvgIpc) is 2.73. The summed E-state index contributed by atoms with van der Waals surface area (Å²) in [6.07, 6.45) is 0.866. The number of thiazole rings is 1. The maximum atomic E-state index is 5.80. The van der Waals surface area contributed by atoms with E-state index in [4.69, 9.17) is 10.5 Å². The zero-order valence-corrected chi connectivity index (χ0v) is 13.4. The summed E-state index contributed by atoms with van der Waals surface area (Å²) >= 11 is 5.15. The third kappa shape index (κ3) is 4.30. The molecule has 1 aromatic heterocycles. The Morgan fingerprint density at radius 2 is 2.26 bits per heavy atom. The molecule has 0 radical (unpaired) electrons. The van der Waals surface area contributed by atoms with Crippen LogP contribution in [0.3, 0.4) is 0 Å². The fourth-order valence-electron chi connectivity index (χ4n) is 1.77. The molecule has 0 spiro atoms. The predicted octanol–water partition coefficient (Wildman–Crippen LogP) is 3.68. The van der Waals surface area contributed by atoms with Crippen molar-refractivity contribution in [3.05, 3.63) is 44.3 Å². The minimum Gasteiger partial charge on any atom is -0.485 e. The highest BCUT2D eigenvalue weighted by Crippen LogP contribution is 2.27. The minimum atomic E-state index is 0.164. The van der Waals surface area contributed by atoms with Gasteiger partial charge in [-0.1, -0.05) is 6.07 Å². The molecule has 0 fully saturated rings. The molecule has 5 heteroatoms. The second-order valence-electron chi connectivity index (χ2n) is 4.62. The average molecular weight is 341 g/mol. The lowest BCUT2D eigenvalue weighted by molar-refractivity contribution is 0.303. The third-order valence-electron chi connectivity index (χ3n) is 2.57. The fourth-order valence-corrected chi connectivity index (χ4v) is 2.99. The van der Waals surface area contributed by atoms with Gasteiger partial charge in [-0.05, 0) is 53.9 Å². The second kappa shape index (κ2) is 6.50. The summed E-state index contributed by atoms with van der Waals surface area (Å²) in [5.74, 6) is 0.835. The van der Waals surface area contributed by atoms with Crippen LogP contribution in [0.15, 0.2) is 28.1 Å². The lowest BCUT2D eigenvalue weighted by atomic mass is 10.1. The zero-order chi connectivity index (χ0) is 13.8. The van der Waals surface area contributed by atoms with Crippen molar-refractivity contribution in [1.29, 1.82) is 0 Å². The number of ether oxygens (including phenoxy) is 1. The van der Waals surface area contributed by atoms with Crippen molar-refractivity contribution in [2.24, 2.45) is 5.73 Å². The molecule has 0 saturated heterocycles. The van der Waals surface area contributed by atoms with Crippen LogP contribution < -0.4 is 10.5 Å². The first kappa shape index (κ1) is 14.5. The summed E-state index contributed by atoms with van der Waals surface area (Å²) in [4.78, 5) is 4.37. The molecule has 1 unspecified atom stereocenters. The fraction of sp³-hybridized carbons (Fsp3) is 0.357. The molecule has 1 heterocycles. The molecule has 2 N–H and O–H groups in total. The van der Waals surface area contributed by atoms with Crippen molar-refractivity contribution in [2.45, 2.75) is 32.9 Å². The molecule has 3 nitrogen and oxygen atoms in total. The third-order valence-corrected chi connectivity index (χ3v) is 4.13. The van der Waals surface area contributed by atoms with E-state index in [-0.39, 0.29) is 6.04 Å². The number of hydrogen-bond acceptors (Lipinski definition) is 4. The Kier molecular flexibility index (Phi) is 4.96. The van der Waals surface area contributed by atoms with Crippen LogP contribution in [0.1, 0.15) is 23.2 Å². The Hall–Kier alpha value is -0.910. The molecular weight excluding hydrogens is 324 g/mol. The van der Waals surface area contributed by atoms with Crippen LogP contribution in [0.25, 0.3) is 0 Å². The van der Waals surface area contributed by atoms with E-state index in [1.165, 1.54) is 5.56 Å². The number of halogens is 1. The SMILES string of the molecule is Cc1csc(COc2ccc(CC(C)N)cc2Br)n1. The Bertz CT molecular complexity index is 554. The van der Waals surface area contributed by atoms with E-state index in [2.05, 4.69) is 33.0 Å². The highest BCUT2D eigenvalue weighted by molar-refractivity contribution is 9.10. The van der Waals surface area contributed by atoms with Gasteiger partial charge in [0, 0.05) is 17.1 Å². The summed E-state index contributed by atoms with van der Waals surface area (Å²) in [5.41, 5.74) is 8.04. The smallest absolute Gasteiger partial charge is 0.140 e. The van der Waals surface area contributed by atoms with E-state index in [0.29, 0.717) is 6.61 Å². The molecule has 0 amide bonds. The summed E-state index contributed by atoms with van der Waals surface area (Å²) in [7, 11) is 0. The van der Waals surface area contributed by atoms with E-state index >= 15 is 0 Å². The summed E-state index contributed by atoms with van der Waals surface area (Å²) < 4.78 is 6.72. The number of benzene rings is 1. The van der Waals surface area contributed by atoms with Crippen LogP contribution in [-0.4, -0.2) is 11.0 Å². The number of hydrogen-bond donors (Lipinski definition) is 1. The summed E-state index contributed by atoms with van der Waals surface area (Å²) in [5, 5.41) is 3.02. The van der Waals surface area contributed by atoms with E-state index in [1.54, 1.807) is 11.3 Å². The lowest BCUT2D eigenvalue weighted by Crippen LogP contribution is -2.17. The van der Waals surface area contributed by atoms with E-state index in [9.17, 15) is 0 Å². The largest absolute Gasteiger partial charge is 0.485 e. The Labute approximate surface area is 125 Å². The van der Waals surface area contributed by atoms with Gasteiger partial charge < -0.3 is 10.5 Å². The van der Waals surface area contributed by atoms with Gasteiger partial charge in [0.25, 0.3) is 0 Å². The minimum absolute atomic E-state index is 0.164. The van der Waals surface area contributed by atoms with Gasteiger partial charge in [0.1, 0.15) is 17.4 Å². The van der Waals surface area contributed by atoms with Crippen molar-refractivity contribution < 1.29 is 4.74 Å². The van der Waals surface area contributed by atoms with Crippen LogP contribution in [0, 0.1) is 6.92 Å². The Morgan fingerprint density at radius 3 is 2.84 bits per heavy atom. The van der Waals surface area contributed by atoms with Crippen LogP contribution >= 0.6 is 27.3 Å². The van der Waals surface area contributed by atoms with E-state index in [1.807, 2.05) is 25.3 Å². The van der Waals surface area contributed by atoms with Gasteiger partial charge in [-0.15, -0.1) is 11.3 Å². The molecule has 1 atom stereocenters. The molecule has 19 heavy (non-hydrogen) atoms. The first-order chi connectivity index (χ1) is 9.04. The molecule has 0 aliphatic heterocycles. The van der Waals surface area contributed by atoms with Crippen molar-refractivity contribution in [1.82, 2.24) is 4.98 Å². The molecule has 2 aromatic rings. The molecule has 2 rings (SSSR count). The van der Waals surface area contributed by atoms with Gasteiger partial charge >= 0.3 is 0 Å². The van der Waals surface area contributed by atoms with Gasteiger partial charge in [0.15, 0.2) is 0 Å². The molecular formula is C14H17BrN2OS. The monoisotopic (exact) mass is 340 g/mol. The molecule has 0 saturated carbocycles. The van der Waals surface area contributed by atoms with Crippen molar-refractivity contribution in [2.75, 3.05) is 0 Å². The van der Waals surface area contributed by atoms with Crippen LogP contribution in [-0.2, 0) is 13.0 Å². The predicted molar refractivity (Wildman–Crippen MR) is 82.7 cm³/mol. The van der Waals surface area contributed by atoms with Crippen LogP contribution in [0.5, 0.6) is 5.75 Å². The highest BCUT2D eigenvalue weighted by Gasteiger charge is 2.06. The number of nitrogens with two attached hydrogens (primary N) is 1. The molecule has 0 aliphatic rings. The van der Waals surface area contributed by atoms with Gasteiger partial charge in [0.05, 0.1) is 4.47 Å². The summed E-state index contributed by atoms with van der Waals surface area (Å²) in [6, 6.07) is 6.25. The normalized spacial score (nSPS) is 12.4. The van der Waals surface area contributed by atoms with Gasteiger partial charge in [-0.2, -0.15) is 0 Å². The van der Waals surface area contributed by atoms with E-state index in [0.717, 1.165) is 27.3 Å². The topological polar surface area (TPSA) is 48.1 Å². The number of nitrogens with zero attached hydrogens (tertiary/aromatic N) is 1. The van der Waals surface area contributed by atoms with Crippen molar-refractivity contribution in [3.8, 4) is 5.75 Å². The van der Waals surface area contributed by atoms with Gasteiger partial charge in [0.2, 0.25) is 0 Å². The number of aromatic nitrogens is 1. The maximum Gasteiger partial charge on any atom is 0.140 e. The molecule has 0 bridgehead atoms. The standard InChI is InChI=1S/C14H17BrN2OS/c1-9(16)5-11-3-4-13(12(15)6-11)18-7-14-17-10(2)8-19-14/h3-4,6,8-9H,5,7,16H2,1-2H3. The van der Waals surface area contributed by atoms with Crippen LogP contribution in [0.2, 0.25) is 0 Å². The van der Waals surface area contributed by atoms with Gasteiger partial charge in [-0.3, -0.25) is 0 Å². The summed E-state index contributed by atoms with van der Waals surface area (Å²) in [6.45, 7) is 4.49. The Balaban J connectivity index is 2.00. The lowest BCUT2D eigenvalue weighted by Gasteiger charge is -2.10. The van der Waals surface area contributed by atoms with E-state index < -0.39 is 0 Å². The first-order valence-electron chi connectivity index (χ1n) is 6.12. The molecule has 1 aromatic carbocycles. The van der Waals surface area contributed by atoms with Crippen molar-refractivity contribution >= 4 is 27.3 Å². The zero-order valence-electron chi connectivity index (χ0n) is 11.0. The maximum absolute atomic E-state index is 5.80. The Morgan fingerprint density at radius 1 is 1.47 bits per heavy atom.